The van der Waals surface area contributed by atoms with Gasteiger partial charge in [-0.15, -0.1) is 0 Å². The molecular weight excluding hydrogens is 302 g/mol. The van der Waals surface area contributed by atoms with Crippen LogP contribution in [0.2, 0.25) is 0 Å². The zero-order chi connectivity index (χ0) is 17.1. The van der Waals surface area contributed by atoms with E-state index in [9.17, 15) is 9.59 Å². The summed E-state index contributed by atoms with van der Waals surface area (Å²) in [7, 11) is 1.60. The van der Waals surface area contributed by atoms with E-state index in [0.29, 0.717) is 12.1 Å². The highest BCUT2D eigenvalue weighted by atomic mass is 16.2. The minimum atomic E-state index is -0.272. The molecule has 2 aromatic rings. The van der Waals surface area contributed by atoms with Crippen molar-refractivity contribution in [3.63, 3.8) is 0 Å². The van der Waals surface area contributed by atoms with Crippen molar-refractivity contribution in [1.82, 2.24) is 5.32 Å². The van der Waals surface area contributed by atoms with Gasteiger partial charge in [0.05, 0.1) is 0 Å². The smallest absolute Gasteiger partial charge is 0.251 e. The van der Waals surface area contributed by atoms with E-state index in [0.717, 1.165) is 17.8 Å². The summed E-state index contributed by atoms with van der Waals surface area (Å²) in [5.41, 5.74) is 3.45. The van der Waals surface area contributed by atoms with Gasteiger partial charge in [0.2, 0.25) is 5.91 Å². The number of hydrogen-bond donors (Lipinski definition) is 2. The van der Waals surface area contributed by atoms with Gasteiger partial charge in [-0.2, -0.15) is 0 Å². The number of nitrogens with zero attached hydrogens (tertiary/aromatic N) is 1. The normalized spacial score (nSPS) is 17.0. The fourth-order valence-corrected chi connectivity index (χ4v) is 2.89. The molecule has 1 aliphatic heterocycles. The Bertz CT molecular complexity index is 755. The van der Waals surface area contributed by atoms with Crippen molar-refractivity contribution in [2.45, 2.75) is 19.4 Å². The third-order valence-electron chi connectivity index (χ3n) is 4.24. The monoisotopic (exact) mass is 323 g/mol. The molecule has 2 aromatic carbocycles. The lowest BCUT2D eigenvalue weighted by molar-refractivity contribution is -0.117. The largest absolute Gasteiger partial charge is 0.374 e. The fourth-order valence-electron chi connectivity index (χ4n) is 2.89. The molecule has 124 valence electrons. The van der Waals surface area contributed by atoms with Crippen molar-refractivity contribution >= 4 is 23.2 Å². The molecule has 0 aromatic heterocycles. The summed E-state index contributed by atoms with van der Waals surface area (Å²) in [5, 5.41) is 5.85. The van der Waals surface area contributed by atoms with Gasteiger partial charge in [-0.1, -0.05) is 23.8 Å². The van der Waals surface area contributed by atoms with E-state index in [1.165, 1.54) is 5.56 Å². The molecule has 5 nitrogen and oxygen atoms in total. The first-order valence-corrected chi connectivity index (χ1v) is 8.05. The second-order valence-electron chi connectivity index (χ2n) is 5.97. The number of nitrogens with one attached hydrogen (secondary N) is 2. The molecule has 0 aliphatic carbocycles. The van der Waals surface area contributed by atoms with E-state index < -0.39 is 0 Å². The number of benzene rings is 2. The van der Waals surface area contributed by atoms with Crippen molar-refractivity contribution in [2.75, 3.05) is 23.8 Å². The molecule has 5 heteroatoms. The van der Waals surface area contributed by atoms with Crippen molar-refractivity contribution in [1.29, 1.82) is 0 Å². The topological polar surface area (TPSA) is 61.4 Å². The Balaban J connectivity index is 1.72. The van der Waals surface area contributed by atoms with Gasteiger partial charge < -0.3 is 15.5 Å². The third-order valence-corrected chi connectivity index (χ3v) is 4.24. The number of carbonyl (C=O) groups excluding carboxylic acids is 2. The second kappa shape index (κ2) is 6.74. The third kappa shape index (κ3) is 3.25. The van der Waals surface area contributed by atoms with Crippen LogP contribution in [0, 0.1) is 6.92 Å². The molecule has 2 N–H and O–H groups in total. The molecule has 1 fully saturated rings. The lowest BCUT2D eigenvalue weighted by Gasteiger charge is -2.18. The molecule has 0 unspecified atom stereocenters. The Morgan fingerprint density at radius 2 is 1.92 bits per heavy atom. The summed E-state index contributed by atoms with van der Waals surface area (Å²) in [4.78, 5) is 26.2. The van der Waals surface area contributed by atoms with Gasteiger partial charge in [0.1, 0.15) is 6.04 Å². The SMILES string of the molecule is CNC(=O)c1cccc(N[C@@H]2CCN(c3ccc(C)cc3)C2=O)c1. The van der Waals surface area contributed by atoms with E-state index >= 15 is 0 Å². The number of aryl methyl sites for hydroxylation is 1. The highest BCUT2D eigenvalue weighted by Crippen LogP contribution is 2.24. The first-order valence-electron chi connectivity index (χ1n) is 8.05. The van der Waals surface area contributed by atoms with Crippen LogP contribution in [-0.2, 0) is 4.79 Å². The average Bonchev–Trinajstić information content (AvgIpc) is 2.96. The maximum absolute atomic E-state index is 12.7. The Hall–Kier alpha value is -2.82. The highest BCUT2D eigenvalue weighted by Gasteiger charge is 2.32. The van der Waals surface area contributed by atoms with Crippen LogP contribution in [0.3, 0.4) is 0 Å². The molecular formula is C19H21N3O2. The molecule has 0 spiro atoms. The van der Waals surface area contributed by atoms with Gasteiger partial charge in [0, 0.05) is 30.5 Å². The number of amides is 2. The number of anilines is 2. The van der Waals surface area contributed by atoms with Crippen molar-refractivity contribution < 1.29 is 9.59 Å². The summed E-state index contributed by atoms with van der Waals surface area (Å²) >= 11 is 0. The van der Waals surface area contributed by atoms with Crippen LogP contribution in [0.15, 0.2) is 48.5 Å². The molecule has 1 heterocycles. The maximum Gasteiger partial charge on any atom is 0.251 e. The first-order chi connectivity index (χ1) is 11.6. The van der Waals surface area contributed by atoms with E-state index in [1.54, 1.807) is 24.1 Å². The molecule has 1 atom stereocenters. The molecule has 24 heavy (non-hydrogen) atoms. The molecule has 0 saturated carbocycles. The quantitative estimate of drug-likeness (QED) is 0.909. The van der Waals surface area contributed by atoms with Crippen LogP contribution in [0.4, 0.5) is 11.4 Å². The Morgan fingerprint density at radius 1 is 1.17 bits per heavy atom. The molecule has 2 amide bonds. The summed E-state index contributed by atoms with van der Waals surface area (Å²) in [6, 6.07) is 14.9. The van der Waals surface area contributed by atoms with Gasteiger partial charge >= 0.3 is 0 Å². The van der Waals surface area contributed by atoms with Crippen LogP contribution in [-0.4, -0.2) is 31.4 Å². The second-order valence-corrected chi connectivity index (χ2v) is 5.97. The van der Waals surface area contributed by atoms with Crippen LogP contribution >= 0.6 is 0 Å². The number of rotatable bonds is 4. The number of carbonyl (C=O) groups is 2. The summed E-state index contributed by atoms with van der Waals surface area (Å²) < 4.78 is 0. The zero-order valence-electron chi connectivity index (χ0n) is 13.9. The van der Waals surface area contributed by atoms with E-state index in [4.69, 9.17) is 0 Å². The van der Waals surface area contributed by atoms with Crippen LogP contribution in [0.25, 0.3) is 0 Å². The molecule has 1 saturated heterocycles. The van der Waals surface area contributed by atoms with Gasteiger partial charge in [-0.3, -0.25) is 9.59 Å². The maximum atomic E-state index is 12.7. The van der Waals surface area contributed by atoms with Crippen LogP contribution < -0.4 is 15.5 Å². The predicted molar refractivity (Wildman–Crippen MR) is 95.4 cm³/mol. The van der Waals surface area contributed by atoms with Gasteiger partial charge in [-0.05, 0) is 43.7 Å². The van der Waals surface area contributed by atoms with Crippen molar-refractivity contribution in [3.8, 4) is 0 Å². The minimum Gasteiger partial charge on any atom is -0.374 e. The molecule has 0 bridgehead atoms. The predicted octanol–water partition coefficient (Wildman–Crippen LogP) is 2.57. The number of hydrogen-bond acceptors (Lipinski definition) is 3. The first kappa shape index (κ1) is 16.1. The lowest BCUT2D eigenvalue weighted by Crippen LogP contribution is -2.33. The molecule has 0 radical (unpaired) electrons. The lowest BCUT2D eigenvalue weighted by atomic mass is 10.1. The standard InChI is InChI=1S/C19H21N3O2/c1-13-6-8-16(9-7-13)22-11-10-17(19(22)24)21-15-5-3-4-14(12-15)18(23)20-2/h3-9,12,17,21H,10-11H2,1-2H3,(H,20,23)/t17-/m1/s1. The Labute approximate surface area is 141 Å². The van der Waals surface area contributed by atoms with Crippen LogP contribution in [0.1, 0.15) is 22.3 Å². The van der Waals surface area contributed by atoms with E-state index in [-0.39, 0.29) is 17.9 Å². The highest BCUT2D eigenvalue weighted by molar-refractivity contribution is 6.01. The van der Waals surface area contributed by atoms with Crippen LogP contribution in [0.5, 0.6) is 0 Å². The van der Waals surface area contributed by atoms with E-state index in [1.807, 2.05) is 43.3 Å². The Kier molecular flexibility index (Phi) is 4.51. The molecule has 1 aliphatic rings. The zero-order valence-corrected chi connectivity index (χ0v) is 13.9. The van der Waals surface area contributed by atoms with Gasteiger partial charge in [0.25, 0.3) is 5.91 Å². The summed E-state index contributed by atoms with van der Waals surface area (Å²) in [6.07, 6.45) is 0.733. The van der Waals surface area contributed by atoms with E-state index in [2.05, 4.69) is 10.6 Å². The van der Waals surface area contributed by atoms with Crippen molar-refractivity contribution in [3.05, 3.63) is 59.7 Å². The molecule has 3 rings (SSSR count). The Morgan fingerprint density at radius 3 is 2.62 bits per heavy atom. The summed E-state index contributed by atoms with van der Waals surface area (Å²) in [6.45, 7) is 2.72. The van der Waals surface area contributed by atoms with Gasteiger partial charge in [-0.25, -0.2) is 0 Å². The van der Waals surface area contributed by atoms with Gasteiger partial charge in [0.15, 0.2) is 0 Å². The van der Waals surface area contributed by atoms with Crippen molar-refractivity contribution in [2.24, 2.45) is 0 Å². The average molecular weight is 323 g/mol. The minimum absolute atomic E-state index is 0.0594. The summed E-state index contributed by atoms with van der Waals surface area (Å²) in [5.74, 6) is -0.0816. The fraction of sp³-hybridized carbons (Fsp3) is 0.263.